The highest BCUT2D eigenvalue weighted by Crippen LogP contribution is 2.43. The SMILES string of the molecule is CCCCCCC/C=C\C/C=C\C/C=C\CCCCCCCCCCCCCCCCCCCCCCCCC(=O)OC(COC(=O)CCCCCCCCCCCCCCC)COP(=O)(O)OCCN. The van der Waals surface area contributed by atoms with Gasteiger partial charge in [-0.25, -0.2) is 4.57 Å². The van der Waals surface area contributed by atoms with E-state index >= 15 is 0 Å². The van der Waals surface area contributed by atoms with E-state index in [4.69, 9.17) is 24.3 Å². The molecule has 0 radical (unpaired) electrons. The van der Waals surface area contributed by atoms with E-state index < -0.39 is 26.5 Å². The van der Waals surface area contributed by atoms with Crippen LogP contribution in [0.1, 0.15) is 309 Å². The van der Waals surface area contributed by atoms with Gasteiger partial charge in [-0.3, -0.25) is 18.6 Å². The number of carbonyl (C=O) groups is 2. The van der Waals surface area contributed by atoms with Crippen molar-refractivity contribution in [3.8, 4) is 0 Å². The van der Waals surface area contributed by atoms with E-state index in [0.29, 0.717) is 6.42 Å². The van der Waals surface area contributed by atoms with E-state index in [1.165, 1.54) is 231 Å². The number of ether oxygens (including phenoxy) is 2. The molecular weight excluding hydrogens is 906 g/mol. The molecular formula is C61H116NO8P. The largest absolute Gasteiger partial charge is 0.472 e. The Hall–Kier alpha value is -1.77. The molecule has 0 aliphatic heterocycles. The van der Waals surface area contributed by atoms with E-state index in [1.807, 2.05) is 0 Å². The van der Waals surface area contributed by atoms with Gasteiger partial charge in [0, 0.05) is 19.4 Å². The first-order valence-corrected chi connectivity index (χ1v) is 32.0. The quantitative estimate of drug-likeness (QED) is 0.0264. The number of unbranched alkanes of at least 4 members (excludes halogenated alkanes) is 39. The van der Waals surface area contributed by atoms with E-state index in [0.717, 1.165) is 44.9 Å². The summed E-state index contributed by atoms with van der Waals surface area (Å²) in [7, 11) is -4.38. The topological polar surface area (TPSA) is 134 Å². The summed E-state index contributed by atoms with van der Waals surface area (Å²) in [5.41, 5.74) is 5.38. The van der Waals surface area contributed by atoms with Crippen molar-refractivity contribution < 1.29 is 37.6 Å². The third kappa shape index (κ3) is 57.4. The van der Waals surface area contributed by atoms with Gasteiger partial charge in [-0.1, -0.05) is 281 Å². The summed E-state index contributed by atoms with van der Waals surface area (Å²) in [5, 5.41) is 0. The van der Waals surface area contributed by atoms with Crippen molar-refractivity contribution in [2.24, 2.45) is 5.73 Å². The van der Waals surface area contributed by atoms with Crippen molar-refractivity contribution in [3.05, 3.63) is 36.5 Å². The van der Waals surface area contributed by atoms with Gasteiger partial charge in [0.15, 0.2) is 6.10 Å². The Morgan fingerprint density at radius 1 is 0.423 bits per heavy atom. The second-order valence-corrected chi connectivity index (χ2v) is 22.0. The molecule has 0 aliphatic rings. The standard InChI is InChI=1S/C61H116NO8P/c1-3-5-7-9-11-13-15-17-18-19-20-21-22-23-24-25-26-27-28-29-30-31-32-33-34-35-36-37-38-39-40-42-44-46-48-50-52-54-61(64)70-59(58-69-71(65,66)68-56-55-62)57-67-60(63)53-51-49-47-45-43-41-16-14-12-10-8-6-4-2/h15,17,19-20,22-23,59H,3-14,16,18,21,24-58,62H2,1-2H3,(H,65,66)/b17-15-,20-19-,23-22-. The Kier molecular flexibility index (Phi) is 56.1. The summed E-state index contributed by atoms with van der Waals surface area (Å²) >= 11 is 0. The van der Waals surface area contributed by atoms with Crippen molar-refractivity contribution in [3.63, 3.8) is 0 Å². The first kappa shape index (κ1) is 69.2. The number of esters is 2. The van der Waals surface area contributed by atoms with Crippen LogP contribution in [0, 0.1) is 0 Å². The number of phosphoric acid groups is 1. The van der Waals surface area contributed by atoms with Gasteiger partial charge in [-0.2, -0.15) is 0 Å². The van der Waals surface area contributed by atoms with E-state index in [1.54, 1.807) is 0 Å². The van der Waals surface area contributed by atoms with Crippen molar-refractivity contribution >= 4 is 19.8 Å². The molecule has 2 atom stereocenters. The lowest BCUT2D eigenvalue weighted by Gasteiger charge is -2.19. The lowest BCUT2D eigenvalue weighted by Crippen LogP contribution is -2.29. The fourth-order valence-electron chi connectivity index (χ4n) is 9.00. The third-order valence-electron chi connectivity index (χ3n) is 13.5. The van der Waals surface area contributed by atoms with E-state index in [-0.39, 0.29) is 38.6 Å². The predicted molar refractivity (Wildman–Crippen MR) is 303 cm³/mol. The summed E-state index contributed by atoms with van der Waals surface area (Å²) in [4.78, 5) is 35.1. The van der Waals surface area contributed by atoms with Crippen LogP contribution >= 0.6 is 7.82 Å². The van der Waals surface area contributed by atoms with Gasteiger partial charge in [-0.05, 0) is 51.4 Å². The molecule has 0 aromatic rings. The van der Waals surface area contributed by atoms with Gasteiger partial charge in [0.1, 0.15) is 6.61 Å². The van der Waals surface area contributed by atoms with Gasteiger partial charge in [0.05, 0.1) is 13.2 Å². The summed E-state index contributed by atoms with van der Waals surface area (Å²) < 4.78 is 33.0. The first-order chi connectivity index (χ1) is 34.8. The summed E-state index contributed by atoms with van der Waals surface area (Å²) in [5.74, 6) is -0.811. The monoisotopic (exact) mass is 1020 g/mol. The molecule has 3 N–H and O–H groups in total. The molecule has 0 amide bonds. The lowest BCUT2D eigenvalue weighted by molar-refractivity contribution is -0.161. The van der Waals surface area contributed by atoms with Crippen LogP contribution in [0.25, 0.3) is 0 Å². The van der Waals surface area contributed by atoms with Crippen LogP contribution in [0.4, 0.5) is 0 Å². The zero-order valence-corrected chi connectivity index (χ0v) is 47.6. The molecule has 0 aliphatic carbocycles. The minimum atomic E-state index is -4.38. The van der Waals surface area contributed by atoms with E-state index in [9.17, 15) is 19.0 Å². The molecule has 0 spiro atoms. The zero-order chi connectivity index (χ0) is 51.7. The maximum atomic E-state index is 12.7. The van der Waals surface area contributed by atoms with Gasteiger partial charge in [-0.15, -0.1) is 0 Å². The molecule has 418 valence electrons. The highest BCUT2D eigenvalue weighted by molar-refractivity contribution is 7.47. The molecule has 0 aromatic heterocycles. The molecule has 0 rings (SSSR count). The van der Waals surface area contributed by atoms with Crippen molar-refractivity contribution in [1.29, 1.82) is 0 Å². The van der Waals surface area contributed by atoms with Gasteiger partial charge in [0.2, 0.25) is 0 Å². The number of nitrogens with two attached hydrogens (primary N) is 1. The molecule has 0 saturated carbocycles. The minimum Gasteiger partial charge on any atom is -0.462 e. The molecule has 0 fully saturated rings. The second-order valence-electron chi connectivity index (χ2n) is 20.6. The summed E-state index contributed by atoms with van der Waals surface area (Å²) in [6.07, 6.45) is 69.4. The Bertz CT molecular complexity index is 1260. The van der Waals surface area contributed by atoms with Gasteiger partial charge >= 0.3 is 19.8 Å². The number of rotatable bonds is 58. The van der Waals surface area contributed by atoms with Gasteiger partial charge < -0.3 is 20.1 Å². The van der Waals surface area contributed by atoms with Gasteiger partial charge in [0.25, 0.3) is 0 Å². The number of allylic oxidation sites excluding steroid dienone is 6. The van der Waals surface area contributed by atoms with Crippen LogP contribution in [-0.4, -0.2) is 49.3 Å². The molecule has 0 bridgehead atoms. The zero-order valence-electron chi connectivity index (χ0n) is 46.7. The first-order valence-electron chi connectivity index (χ1n) is 30.5. The van der Waals surface area contributed by atoms with Crippen LogP contribution in [-0.2, 0) is 32.7 Å². The number of hydrogen-bond donors (Lipinski definition) is 2. The Morgan fingerprint density at radius 2 is 0.732 bits per heavy atom. The fraction of sp³-hybridized carbons (Fsp3) is 0.869. The highest BCUT2D eigenvalue weighted by atomic mass is 31.2. The van der Waals surface area contributed by atoms with Crippen molar-refractivity contribution in [2.75, 3.05) is 26.4 Å². The van der Waals surface area contributed by atoms with Crippen molar-refractivity contribution in [1.82, 2.24) is 0 Å². The molecule has 2 unspecified atom stereocenters. The molecule has 0 aromatic carbocycles. The third-order valence-corrected chi connectivity index (χ3v) is 14.5. The molecule has 0 heterocycles. The van der Waals surface area contributed by atoms with Crippen LogP contribution in [0.3, 0.4) is 0 Å². The minimum absolute atomic E-state index is 0.0563. The fourth-order valence-corrected chi connectivity index (χ4v) is 9.76. The number of phosphoric ester groups is 1. The molecule has 9 nitrogen and oxygen atoms in total. The van der Waals surface area contributed by atoms with Crippen LogP contribution < -0.4 is 5.73 Å². The Labute approximate surface area is 439 Å². The average Bonchev–Trinajstić information content (AvgIpc) is 3.36. The van der Waals surface area contributed by atoms with E-state index in [2.05, 4.69) is 50.3 Å². The number of carbonyl (C=O) groups excluding carboxylic acids is 2. The van der Waals surface area contributed by atoms with Crippen LogP contribution in [0.15, 0.2) is 36.5 Å². The summed E-state index contributed by atoms with van der Waals surface area (Å²) in [6, 6.07) is 0. The Morgan fingerprint density at radius 3 is 1.08 bits per heavy atom. The average molecular weight is 1020 g/mol. The van der Waals surface area contributed by atoms with Crippen LogP contribution in [0.5, 0.6) is 0 Å². The maximum absolute atomic E-state index is 12.7. The summed E-state index contributed by atoms with van der Waals surface area (Å²) in [6.45, 7) is 3.77. The molecule has 10 heteroatoms. The number of hydrogen-bond acceptors (Lipinski definition) is 8. The molecule has 0 saturated heterocycles. The highest BCUT2D eigenvalue weighted by Gasteiger charge is 2.26. The lowest BCUT2D eigenvalue weighted by atomic mass is 10.0. The Balaban J connectivity index is 3.77. The van der Waals surface area contributed by atoms with Crippen molar-refractivity contribution in [2.45, 2.75) is 315 Å². The van der Waals surface area contributed by atoms with Crippen LogP contribution in [0.2, 0.25) is 0 Å². The molecule has 71 heavy (non-hydrogen) atoms. The predicted octanol–water partition coefficient (Wildman–Crippen LogP) is 19.2. The second kappa shape index (κ2) is 57.5. The normalized spacial score (nSPS) is 13.2. The smallest absolute Gasteiger partial charge is 0.462 e. The maximum Gasteiger partial charge on any atom is 0.472 e.